The highest BCUT2D eigenvalue weighted by molar-refractivity contribution is 6.14. The highest BCUT2D eigenvalue weighted by atomic mass is 16.2. The molecule has 182 valence electrons. The van der Waals surface area contributed by atoms with Gasteiger partial charge in [0, 0.05) is 5.56 Å². The summed E-state index contributed by atoms with van der Waals surface area (Å²) in [5.74, 6) is -0.551. The second-order valence-corrected chi connectivity index (χ2v) is 8.82. The van der Waals surface area contributed by atoms with Crippen molar-refractivity contribution in [1.29, 1.82) is 5.26 Å². The number of imide groups is 1. The molecule has 3 amide bonds. The number of aromatic nitrogens is 2. The summed E-state index contributed by atoms with van der Waals surface area (Å²) in [6.07, 6.45) is 1.43. The van der Waals surface area contributed by atoms with Crippen molar-refractivity contribution in [3.05, 3.63) is 117 Å². The predicted molar refractivity (Wildman–Crippen MR) is 140 cm³/mol. The number of hydrogen-bond donors (Lipinski definition) is 2. The van der Waals surface area contributed by atoms with Crippen molar-refractivity contribution in [2.45, 2.75) is 20.4 Å². The zero-order chi connectivity index (χ0) is 26.1. The first kappa shape index (κ1) is 23.6. The van der Waals surface area contributed by atoms with Crippen LogP contribution in [-0.4, -0.2) is 26.6 Å². The van der Waals surface area contributed by atoms with Gasteiger partial charge in [0.15, 0.2) is 0 Å². The summed E-state index contributed by atoms with van der Waals surface area (Å²) in [4.78, 5) is 40.6. The number of carbonyl (C=O) groups excluding carboxylic acids is 2. The van der Waals surface area contributed by atoms with E-state index in [1.165, 1.54) is 10.8 Å². The van der Waals surface area contributed by atoms with E-state index in [1.807, 2.05) is 62.4 Å². The van der Waals surface area contributed by atoms with Crippen LogP contribution in [0.25, 0.3) is 23.0 Å². The van der Waals surface area contributed by atoms with Gasteiger partial charge in [-0.05, 0) is 54.8 Å². The van der Waals surface area contributed by atoms with Gasteiger partial charge in [-0.2, -0.15) is 5.26 Å². The lowest BCUT2D eigenvalue weighted by atomic mass is 10.1. The third-order valence-electron chi connectivity index (χ3n) is 6.45. The van der Waals surface area contributed by atoms with E-state index in [2.05, 4.69) is 16.5 Å². The van der Waals surface area contributed by atoms with E-state index in [9.17, 15) is 14.4 Å². The summed E-state index contributed by atoms with van der Waals surface area (Å²) in [5, 5.41) is 14.9. The van der Waals surface area contributed by atoms with Crippen LogP contribution in [0.3, 0.4) is 0 Å². The molecule has 5 rings (SSSR count). The van der Waals surface area contributed by atoms with Crippen LogP contribution in [0.1, 0.15) is 27.8 Å². The molecule has 0 bridgehead atoms. The van der Waals surface area contributed by atoms with Crippen molar-refractivity contribution in [3.63, 3.8) is 0 Å². The maximum absolute atomic E-state index is 13.7. The van der Waals surface area contributed by atoms with Gasteiger partial charge in [-0.25, -0.2) is 9.48 Å². The van der Waals surface area contributed by atoms with Crippen LogP contribution in [0.5, 0.6) is 0 Å². The Hall–Kier alpha value is -5.16. The number of rotatable bonds is 5. The molecule has 0 spiro atoms. The second kappa shape index (κ2) is 9.47. The minimum Gasteiger partial charge on any atom is -0.303 e. The van der Waals surface area contributed by atoms with E-state index in [0.29, 0.717) is 22.5 Å². The molecule has 1 aromatic heterocycles. The van der Waals surface area contributed by atoms with Crippen LogP contribution < -0.4 is 10.9 Å². The average Bonchev–Trinajstić information content (AvgIpc) is 3.37. The Morgan fingerprint density at radius 1 is 0.946 bits per heavy atom. The fourth-order valence-electron chi connectivity index (χ4n) is 4.34. The lowest BCUT2D eigenvalue weighted by Crippen LogP contribution is -2.30. The van der Waals surface area contributed by atoms with Gasteiger partial charge >= 0.3 is 6.03 Å². The molecule has 2 heterocycles. The maximum atomic E-state index is 13.7. The molecule has 8 heteroatoms. The van der Waals surface area contributed by atoms with Gasteiger partial charge in [0.25, 0.3) is 11.5 Å². The third kappa shape index (κ3) is 4.34. The first-order valence-electron chi connectivity index (χ1n) is 11.7. The van der Waals surface area contributed by atoms with Gasteiger partial charge < -0.3 is 5.32 Å². The van der Waals surface area contributed by atoms with E-state index >= 15 is 0 Å². The standard InChI is InChI=1S/C29H23N5O3/c1-18-8-6-13-25(19(18)2)34-27(35)23(26(32-34)22-11-4-3-5-12-22)15-24-28(36)33(29(37)31-24)17-21-10-7-9-20(14-21)16-30/h3-15,32H,17H2,1-2H3,(H,31,37)/b24-15-. The minimum absolute atomic E-state index is 0.00262. The quantitative estimate of drug-likeness (QED) is 0.319. The van der Waals surface area contributed by atoms with Crippen molar-refractivity contribution >= 4 is 18.0 Å². The van der Waals surface area contributed by atoms with Gasteiger partial charge in [-0.1, -0.05) is 54.6 Å². The molecule has 1 fully saturated rings. The molecular formula is C29H23N5O3. The molecule has 0 atom stereocenters. The Labute approximate surface area is 213 Å². The number of benzene rings is 3. The van der Waals surface area contributed by atoms with Crippen molar-refractivity contribution < 1.29 is 9.59 Å². The summed E-state index contributed by atoms with van der Waals surface area (Å²) in [7, 11) is 0. The van der Waals surface area contributed by atoms with Crippen LogP contribution in [0.2, 0.25) is 0 Å². The van der Waals surface area contributed by atoms with Gasteiger partial charge in [0.1, 0.15) is 5.70 Å². The molecule has 1 aliphatic heterocycles. The topological polar surface area (TPSA) is 111 Å². The second-order valence-electron chi connectivity index (χ2n) is 8.82. The molecule has 0 unspecified atom stereocenters. The number of amides is 3. The van der Waals surface area contributed by atoms with Crippen molar-refractivity contribution in [1.82, 2.24) is 20.0 Å². The fraction of sp³-hybridized carbons (Fsp3) is 0.103. The number of nitrogens with zero attached hydrogens (tertiary/aromatic N) is 3. The van der Waals surface area contributed by atoms with Crippen molar-refractivity contribution in [3.8, 4) is 23.0 Å². The van der Waals surface area contributed by atoms with Crippen LogP contribution in [-0.2, 0) is 11.3 Å². The summed E-state index contributed by atoms with van der Waals surface area (Å²) in [5.41, 5.74) is 4.97. The van der Waals surface area contributed by atoms with Gasteiger partial charge in [-0.3, -0.25) is 19.6 Å². The van der Waals surface area contributed by atoms with E-state index in [0.717, 1.165) is 21.6 Å². The summed E-state index contributed by atoms with van der Waals surface area (Å²) in [6, 6.07) is 23.2. The number of hydrogen-bond acceptors (Lipinski definition) is 4. The molecule has 37 heavy (non-hydrogen) atoms. The van der Waals surface area contributed by atoms with Crippen LogP contribution in [0.4, 0.5) is 4.79 Å². The third-order valence-corrected chi connectivity index (χ3v) is 6.45. The first-order chi connectivity index (χ1) is 17.9. The number of carbonyl (C=O) groups is 2. The molecule has 2 N–H and O–H groups in total. The van der Waals surface area contributed by atoms with Crippen molar-refractivity contribution in [2.24, 2.45) is 0 Å². The average molecular weight is 490 g/mol. The Morgan fingerprint density at radius 3 is 2.46 bits per heavy atom. The molecule has 8 nitrogen and oxygen atoms in total. The summed E-state index contributed by atoms with van der Waals surface area (Å²) >= 11 is 0. The highest BCUT2D eigenvalue weighted by Gasteiger charge is 2.34. The van der Waals surface area contributed by atoms with Crippen LogP contribution >= 0.6 is 0 Å². The molecule has 0 saturated carbocycles. The number of nitrogens with one attached hydrogen (secondary N) is 2. The zero-order valence-corrected chi connectivity index (χ0v) is 20.3. The molecule has 1 aliphatic rings. The molecule has 4 aromatic rings. The van der Waals surface area contributed by atoms with Crippen LogP contribution in [0, 0.1) is 25.2 Å². The van der Waals surface area contributed by atoms with Gasteiger partial charge in [0.2, 0.25) is 0 Å². The smallest absolute Gasteiger partial charge is 0.303 e. The normalized spacial score (nSPS) is 14.2. The number of H-pyrrole nitrogens is 1. The van der Waals surface area contributed by atoms with E-state index in [4.69, 9.17) is 5.26 Å². The Morgan fingerprint density at radius 2 is 1.70 bits per heavy atom. The van der Waals surface area contributed by atoms with E-state index in [-0.39, 0.29) is 23.4 Å². The molecule has 3 aromatic carbocycles. The Bertz CT molecular complexity index is 1670. The van der Waals surface area contributed by atoms with E-state index in [1.54, 1.807) is 24.3 Å². The number of aryl methyl sites for hydroxylation is 1. The fourth-order valence-corrected chi connectivity index (χ4v) is 4.34. The Balaban J connectivity index is 1.58. The monoisotopic (exact) mass is 489 g/mol. The highest BCUT2D eigenvalue weighted by Crippen LogP contribution is 2.25. The number of urea groups is 1. The SMILES string of the molecule is Cc1cccc(-n2[nH]c(-c3ccccc3)c(/C=C3\NC(=O)N(Cc4cccc(C#N)c4)C3=O)c2=O)c1C. The first-order valence-corrected chi connectivity index (χ1v) is 11.7. The predicted octanol–water partition coefficient (Wildman–Crippen LogP) is 4.41. The molecule has 0 radical (unpaired) electrons. The van der Waals surface area contributed by atoms with E-state index < -0.39 is 11.9 Å². The van der Waals surface area contributed by atoms with Crippen molar-refractivity contribution in [2.75, 3.05) is 0 Å². The lowest BCUT2D eigenvalue weighted by Gasteiger charge is -2.11. The number of nitriles is 1. The number of aromatic amines is 1. The van der Waals surface area contributed by atoms with Gasteiger partial charge in [0.05, 0.1) is 35.1 Å². The molecule has 0 aliphatic carbocycles. The summed E-state index contributed by atoms with van der Waals surface area (Å²) < 4.78 is 1.46. The van der Waals surface area contributed by atoms with Crippen LogP contribution in [0.15, 0.2) is 83.3 Å². The van der Waals surface area contributed by atoms with Gasteiger partial charge in [-0.15, -0.1) is 0 Å². The molecular weight excluding hydrogens is 466 g/mol. The minimum atomic E-state index is -0.592. The molecule has 1 saturated heterocycles. The summed E-state index contributed by atoms with van der Waals surface area (Å²) in [6.45, 7) is 3.92. The largest absolute Gasteiger partial charge is 0.329 e. The maximum Gasteiger partial charge on any atom is 0.329 e. The zero-order valence-electron chi connectivity index (χ0n) is 20.3. The lowest BCUT2D eigenvalue weighted by molar-refractivity contribution is -0.123. The Kier molecular flexibility index (Phi) is 6.04.